The van der Waals surface area contributed by atoms with Gasteiger partial charge >= 0.3 is 0 Å². The molecular formula is C13H15ClO3. The van der Waals surface area contributed by atoms with Crippen LogP contribution in [0.3, 0.4) is 0 Å². The quantitative estimate of drug-likeness (QED) is 0.838. The first-order chi connectivity index (χ1) is 8.24. The monoisotopic (exact) mass is 254 g/mol. The Balaban J connectivity index is 1.84. The first-order valence-corrected chi connectivity index (χ1v) is 6.37. The second-order valence-corrected chi connectivity index (χ2v) is 5.08. The van der Waals surface area contributed by atoms with Crippen molar-refractivity contribution in [3.05, 3.63) is 28.8 Å². The van der Waals surface area contributed by atoms with Crippen LogP contribution >= 0.6 is 11.6 Å². The smallest absolute Gasteiger partial charge is 0.128 e. The average molecular weight is 255 g/mol. The van der Waals surface area contributed by atoms with Gasteiger partial charge in [0.15, 0.2) is 0 Å². The number of halogens is 1. The molecule has 2 aliphatic heterocycles. The number of rotatable bonds is 1. The highest BCUT2D eigenvalue weighted by Crippen LogP contribution is 2.38. The highest BCUT2D eigenvalue weighted by atomic mass is 35.5. The van der Waals surface area contributed by atoms with Gasteiger partial charge in [-0.15, -0.1) is 0 Å². The number of aliphatic hydroxyl groups is 1. The number of hydrogen-bond donors (Lipinski definition) is 1. The normalized spacial score (nSPS) is 32.0. The summed E-state index contributed by atoms with van der Waals surface area (Å²) in [6.45, 7) is 0.800. The van der Waals surface area contributed by atoms with E-state index in [0.29, 0.717) is 11.4 Å². The topological polar surface area (TPSA) is 38.7 Å². The van der Waals surface area contributed by atoms with Gasteiger partial charge in [-0.05, 0) is 31.0 Å². The van der Waals surface area contributed by atoms with Gasteiger partial charge in [-0.25, -0.2) is 0 Å². The van der Waals surface area contributed by atoms with Crippen molar-refractivity contribution in [3.8, 4) is 5.75 Å². The molecule has 3 nitrogen and oxygen atoms in total. The second kappa shape index (κ2) is 4.48. The lowest BCUT2D eigenvalue weighted by atomic mass is 9.95. The van der Waals surface area contributed by atoms with Crippen molar-refractivity contribution < 1.29 is 14.6 Å². The molecule has 1 N–H and O–H groups in total. The summed E-state index contributed by atoms with van der Waals surface area (Å²) in [5, 5.41) is 10.7. The highest BCUT2D eigenvalue weighted by molar-refractivity contribution is 6.30. The van der Waals surface area contributed by atoms with E-state index in [9.17, 15) is 5.11 Å². The Morgan fingerprint density at radius 3 is 2.94 bits per heavy atom. The van der Waals surface area contributed by atoms with Gasteiger partial charge in [0.1, 0.15) is 11.9 Å². The van der Waals surface area contributed by atoms with Gasteiger partial charge < -0.3 is 14.6 Å². The lowest BCUT2D eigenvalue weighted by Crippen LogP contribution is -2.36. The third kappa shape index (κ3) is 2.15. The molecule has 3 unspecified atom stereocenters. The minimum absolute atomic E-state index is 0.0406. The SMILES string of the molecule is OC1CC(C2CCCO2)Oc2ccc(Cl)cc21. The third-order valence-corrected chi connectivity index (χ3v) is 3.68. The largest absolute Gasteiger partial charge is 0.487 e. The van der Waals surface area contributed by atoms with Crippen molar-refractivity contribution in [1.29, 1.82) is 0 Å². The molecule has 0 spiro atoms. The zero-order valence-electron chi connectivity index (χ0n) is 9.43. The molecule has 0 aromatic heterocycles. The van der Waals surface area contributed by atoms with Crippen LogP contribution in [0.25, 0.3) is 0 Å². The van der Waals surface area contributed by atoms with Crippen LogP contribution in [0.2, 0.25) is 5.02 Å². The number of fused-ring (bicyclic) bond motifs is 1. The number of ether oxygens (including phenoxy) is 2. The summed E-state index contributed by atoms with van der Waals surface area (Å²) in [6, 6.07) is 5.38. The van der Waals surface area contributed by atoms with Crippen LogP contribution in [-0.2, 0) is 4.74 Å². The Kier molecular flexibility index (Phi) is 2.99. The summed E-state index contributed by atoms with van der Waals surface area (Å²) in [4.78, 5) is 0. The van der Waals surface area contributed by atoms with Gasteiger partial charge in [-0.1, -0.05) is 11.6 Å². The van der Waals surface area contributed by atoms with Gasteiger partial charge in [0.2, 0.25) is 0 Å². The van der Waals surface area contributed by atoms with Crippen molar-refractivity contribution in [3.63, 3.8) is 0 Å². The molecule has 1 saturated heterocycles. The minimum Gasteiger partial charge on any atom is -0.487 e. The van der Waals surface area contributed by atoms with Crippen LogP contribution in [-0.4, -0.2) is 23.9 Å². The highest BCUT2D eigenvalue weighted by Gasteiger charge is 2.34. The van der Waals surface area contributed by atoms with Crippen LogP contribution in [0.15, 0.2) is 18.2 Å². The zero-order valence-corrected chi connectivity index (χ0v) is 10.2. The molecule has 0 amide bonds. The molecule has 3 rings (SSSR count). The van der Waals surface area contributed by atoms with E-state index in [1.165, 1.54) is 0 Å². The predicted octanol–water partition coefficient (Wildman–Crippen LogP) is 2.70. The molecule has 0 radical (unpaired) electrons. The average Bonchev–Trinajstić information content (AvgIpc) is 2.83. The Morgan fingerprint density at radius 2 is 2.18 bits per heavy atom. The molecule has 0 saturated carbocycles. The lowest BCUT2D eigenvalue weighted by Gasteiger charge is -2.32. The third-order valence-electron chi connectivity index (χ3n) is 3.44. The van der Waals surface area contributed by atoms with Gasteiger partial charge in [0.05, 0.1) is 12.2 Å². The molecule has 1 aromatic rings. The molecule has 0 aliphatic carbocycles. The van der Waals surface area contributed by atoms with E-state index < -0.39 is 6.10 Å². The first-order valence-electron chi connectivity index (χ1n) is 6.00. The van der Waals surface area contributed by atoms with Crippen LogP contribution in [0.4, 0.5) is 0 Å². The van der Waals surface area contributed by atoms with Crippen LogP contribution in [0.5, 0.6) is 5.75 Å². The Bertz CT molecular complexity index is 415. The van der Waals surface area contributed by atoms with E-state index in [1.54, 1.807) is 12.1 Å². The minimum atomic E-state index is -0.508. The molecule has 17 heavy (non-hydrogen) atoms. The Hall–Kier alpha value is -0.770. The van der Waals surface area contributed by atoms with Crippen LogP contribution < -0.4 is 4.74 Å². The molecular weight excluding hydrogens is 240 g/mol. The number of aliphatic hydroxyl groups excluding tert-OH is 1. The van der Waals surface area contributed by atoms with Crippen LogP contribution in [0.1, 0.15) is 30.9 Å². The van der Waals surface area contributed by atoms with Crippen molar-refractivity contribution in [2.75, 3.05) is 6.61 Å². The van der Waals surface area contributed by atoms with E-state index in [2.05, 4.69) is 0 Å². The number of benzene rings is 1. The number of hydrogen-bond acceptors (Lipinski definition) is 3. The summed E-state index contributed by atoms with van der Waals surface area (Å²) < 4.78 is 11.5. The Labute approximate surface area is 105 Å². The first kappa shape index (κ1) is 11.3. The molecule has 2 aliphatic rings. The molecule has 3 atom stereocenters. The van der Waals surface area contributed by atoms with Crippen LogP contribution in [0, 0.1) is 0 Å². The summed E-state index contributed by atoms with van der Waals surface area (Å²) in [7, 11) is 0. The molecule has 4 heteroatoms. The molecule has 2 heterocycles. The second-order valence-electron chi connectivity index (χ2n) is 4.64. The fraction of sp³-hybridized carbons (Fsp3) is 0.538. The van der Waals surface area contributed by atoms with Crippen molar-refractivity contribution in [2.24, 2.45) is 0 Å². The van der Waals surface area contributed by atoms with E-state index in [4.69, 9.17) is 21.1 Å². The standard InChI is InChI=1S/C13H15ClO3/c14-8-3-4-11-9(6-8)10(15)7-13(17-11)12-2-1-5-16-12/h3-4,6,10,12-13,15H,1-2,5,7H2. The van der Waals surface area contributed by atoms with E-state index >= 15 is 0 Å². The van der Waals surface area contributed by atoms with Gasteiger partial charge in [0, 0.05) is 23.6 Å². The molecule has 1 aromatic carbocycles. The van der Waals surface area contributed by atoms with Crippen molar-refractivity contribution >= 4 is 11.6 Å². The van der Waals surface area contributed by atoms with Gasteiger partial charge in [0.25, 0.3) is 0 Å². The van der Waals surface area contributed by atoms with Gasteiger partial charge in [-0.3, -0.25) is 0 Å². The maximum Gasteiger partial charge on any atom is 0.128 e. The Morgan fingerprint density at radius 1 is 1.29 bits per heavy atom. The zero-order chi connectivity index (χ0) is 11.8. The lowest BCUT2D eigenvalue weighted by molar-refractivity contribution is -0.0271. The fourth-order valence-corrected chi connectivity index (χ4v) is 2.75. The molecule has 0 bridgehead atoms. The van der Waals surface area contributed by atoms with E-state index in [-0.39, 0.29) is 12.2 Å². The van der Waals surface area contributed by atoms with E-state index in [0.717, 1.165) is 30.8 Å². The summed E-state index contributed by atoms with van der Waals surface area (Å²) in [6.07, 6.45) is 2.24. The fourth-order valence-electron chi connectivity index (χ4n) is 2.57. The summed E-state index contributed by atoms with van der Waals surface area (Å²) in [5.74, 6) is 0.730. The predicted molar refractivity (Wildman–Crippen MR) is 64.4 cm³/mol. The maximum absolute atomic E-state index is 10.1. The van der Waals surface area contributed by atoms with Gasteiger partial charge in [-0.2, -0.15) is 0 Å². The maximum atomic E-state index is 10.1. The summed E-state index contributed by atoms with van der Waals surface area (Å²) in [5.41, 5.74) is 0.784. The molecule has 1 fully saturated rings. The van der Waals surface area contributed by atoms with Crippen molar-refractivity contribution in [2.45, 2.75) is 37.6 Å². The van der Waals surface area contributed by atoms with Crippen molar-refractivity contribution in [1.82, 2.24) is 0 Å². The van der Waals surface area contributed by atoms with E-state index in [1.807, 2.05) is 6.07 Å². The summed E-state index contributed by atoms with van der Waals surface area (Å²) >= 11 is 5.91. The molecule has 92 valence electrons.